The van der Waals surface area contributed by atoms with E-state index in [1.54, 1.807) is 0 Å². The molecule has 0 aromatic heterocycles. The number of hydrogen-bond acceptors (Lipinski definition) is 0. The van der Waals surface area contributed by atoms with Gasteiger partial charge in [0.2, 0.25) is 0 Å². The maximum absolute atomic E-state index is 2.31. The largest absolute Gasteiger partial charge is 0.0820 e. The highest BCUT2D eigenvalue weighted by Crippen LogP contribution is 2.22. The summed E-state index contributed by atoms with van der Waals surface area (Å²) in [6, 6.07) is 8.49. The Balaban J connectivity index is 2.86. The predicted molar refractivity (Wildman–Crippen MR) is 64.2 cm³/mol. The number of rotatable bonds is 2. The summed E-state index contributed by atoms with van der Waals surface area (Å²) in [6.45, 7) is 6.70. The van der Waals surface area contributed by atoms with E-state index in [1.165, 1.54) is 21.4 Å². The third-order valence-electron chi connectivity index (χ3n) is 1.95. The minimum absolute atomic E-state index is 0.405. The van der Waals surface area contributed by atoms with Gasteiger partial charge in [0.05, 0.1) is 0 Å². The minimum atomic E-state index is 0.405. The molecule has 0 aliphatic carbocycles. The van der Waals surface area contributed by atoms with Gasteiger partial charge < -0.3 is 0 Å². The topological polar surface area (TPSA) is 0 Å². The van der Waals surface area contributed by atoms with E-state index in [9.17, 15) is 0 Å². The summed E-state index contributed by atoms with van der Waals surface area (Å²) in [4.78, 5) is 0. The third-order valence-corrected chi connectivity index (χ3v) is 2.28. The zero-order valence-electron chi connectivity index (χ0n) is 8.96. The molecule has 1 heteroatoms. The van der Waals surface area contributed by atoms with Gasteiger partial charge in [0.1, 0.15) is 0 Å². The third kappa shape index (κ3) is 3.60. The summed E-state index contributed by atoms with van der Waals surface area (Å²) in [5.74, 6) is 0. The summed E-state index contributed by atoms with van der Waals surface area (Å²) in [6.07, 6.45) is 4.55. The van der Waals surface area contributed by atoms with Gasteiger partial charge in [-0.15, -0.1) is 0 Å². The fourth-order valence-electron chi connectivity index (χ4n) is 1.11. The molecule has 0 bridgehead atoms. The van der Waals surface area contributed by atoms with Crippen molar-refractivity contribution in [1.82, 2.24) is 0 Å². The van der Waals surface area contributed by atoms with E-state index in [0.29, 0.717) is 5.04 Å². The Morgan fingerprint density at radius 1 is 1.23 bits per heavy atom. The van der Waals surface area contributed by atoms with Crippen LogP contribution in [0.25, 0.3) is 6.08 Å². The van der Waals surface area contributed by atoms with Crippen molar-refractivity contribution in [2.24, 2.45) is 0 Å². The van der Waals surface area contributed by atoms with E-state index in [0.717, 1.165) is 0 Å². The molecule has 70 valence electrons. The first-order valence-electron chi connectivity index (χ1n) is 4.74. The molecule has 0 unspecified atom stereocenters. The van der Waals surface area contributed by atoms with Crippen molar-refractivity contribution in [3.05, 3.63) is 41.5 Å². The second-order valence-electron chi connectivity index (χ2n) is 4.56. The molecule has 0 N–H and O–H groups in total. The summed E-state index contributed by atoms with van der Waals surface area (Å²) in [5.41, 5.74) is 2.69. The van der Waals surface area contributed by atoms with E-state index in [2.05, 4.69) is 57.2 Å². The van der Waals surface area contributed by atoms with Crippen molar-refractivity contribution >= 4 is 16.3 Å². The molecule has 1 aromatic rings. The lowest BCUT2D eigenvalue weighted by Gasteiger charge is -2.11. The van der Waals surface area contributed by atoms with Crippen LogP contribution in [-0.2, 0) is 0 Å². The van der Waals surface area contributed by atoms with Crippen LogP contribution < -0.4 is 0 Å². The summed E-state index contributed by atoms with van der Waals surface area (Å²) < 4.78 is 0. The summed E-state index contributed by atoms with van der Waals surface area (Å²) in [7, 11) is 1.20. The number of aryl methyl sites for hydroxylation is 1. The maximum atomic E-state index is 2.31. The van der Waals surface area contributed by atoms with Crippen LogP contribution in [0.2, 0.25) is 5.04 Å². The molecule has 0 radical (unpaired) electrons. The van der Waals surface area contributed by atoms with Gasteiger partial charge in [0.25, 0.3) is 0 Å². The molecule has 0 fully saturated rings. The van der Waals surface area contributed by atoms with Gasteiger partial charge >= 0.3 is 0 Å². The SMILES string of the molecule is Cc1ccccc1C=CC(C)(C)[SiH3]. The van der Waals surface area contributed by atoms with Gasteiger partial charge in [0.15, 0.2) is 0 Å². The second-order valence-corrected chi connectivity index (χ2v) is 7.13. The molecule has 0 aliphatic heterocycles. The molecule has 1 rings (SSSR count). The Labute approximate surface area is 84.1 Å². The quantitative estimate of drug-likeness (QED) is 0.629. The molecule has 0 amide bonds. The van der Waals surface area contributed by atoms with E-state index < -0.39 is 0 Å². The van der Waals surface area contributed by atoms with Crippen LogP contribution in [0.1, 0.15) is 25.0 Å². The molecule has 0 saturated carbocycles. The first-order valence-corrected chi connectivity index (χ1v) is 5.74. The molecule has 1 aromatic carbocycles. The van der Waals surface area contributed by atoms with Crippen LogP contribution in [0.15, 0.2) is 30.3 Å². The molecule has 13 heavy (non-hydrogen) atoms. The van der Waals surface area contributed by atoms with Crippen LogP contribution in [0.5, 0.6) is 0 Å². The fourth-order valence-corrected chi connectivity index (χ4v) is 1.28. The van der Waals surface area contributed by atoms with Gasteiger partial charge in [-0.05, 0) is 23.1 Å². The Morgan fingerprint density at radius 3 is 2.38 bits per heavy atom. The Hall–Kier alpha value is -0.823. The maximum Gasteiger partial charge on any atom is 0.0147 e. The van der Waals surface area contributed by atoms with Crippen molar-refractivity contribution in [3.8, 4) is 0 Å². The molecule has 0 aliphatic rings. The van der Waals surface area contributed by atoms with E-state index >= 15 is 0 Å². The number of benzene rings is 1. The average molecular weight is 190 g/mol. The molecule has 0 nitrogen and oxygen atoms in total. The highest BCUT2D eigenvalue weighted by Gasteiger charge is 2.03. The molecule has 0 atom stereocenters. The lowest BCUT2D eigenvalue weighted by atomic mass is 10.1. The summed E-state index contributed by atoms with van der Waals surface area (Å²) >= 11 is 0. The van der Waals surface area contributed by atoms with Gasteiger partial charge in [-0.1, -0.05) is 50.3 Å². The van der Waals surface area contributed by atoms with Gasteiger partial charge in [-0.25, -0.2) is 0 Å². The van der Waals surface area contributed by atoms with Gasteiger partial charge in [-0.2, -0.15) is 0 Å². The van der Waals surface area contributed by atoms with E-state index in [-0.39, 0.29) is 0 Å². The lowest BCUT2D eigenvalue weighted by molar-refractivity contribution is 0.866. The van der Waals surface area contributed by atoms with Gasteiger partial charge in [-0.3, -0.25) is 0 Å². The molecule has 0 saturated heterocycles. The predicted octanol–water partition coefficient (Wildman–Crippen LogP) is 2.57. The zero-order chi connectivity index (χ0) is 9.90. The van der Waals surface area contributed by atoms with Crippen molar-refractivity contribution in [2.75, 3.05) is 0 Å². The van der Waals surface area contributed by atoms with Crippen LogP contribution >= 0.6 is 0 Å². The number of allylic oxidation sites excluding steroid dienone is 1. The minimum Gasteiger partial charge on any atom is -0.0820 e. The van der Waals surface area contributed by atoms with Crippen molar-refractivity contribution in [1.29, 1.82) is 0 Å². The Bertz CT molecular complexity index is 305. The second kappa shape index (κ2) is 3.92. The van der Waals surface area contributed by atoms with Crippen LogP contribution in [0, 0.1) is 6.92 Å². The summed E-state index contributed by atoms with van der Waals surface area (Å²) in [5, 5.41) is 0.405. The molecular formula is C12H18Si. The van der Waals surface area contributed by atoms with Crippen molar-refractivity contribution in [3.63, 3.8) is 0 Å². The standard InChI is InChI=1S/C12H18Si/c1-10-6-4-5-7-11(10)8-9-12(2,3)13/h4-9H,1-3,13H3. The van der Waals surface area contributed by atoms with Gasteiger partial charge in [0, 0.05) is 10.2 Å². The van der Waals surface area contributed by atoms with Crippen molar-refractivity contribution < 1.29 is 0 Å². The Kier molecular flexibility index (Phi) is 3.10. The molecular weight excluding hydrogens is 172 g/mol. The smallest absolute Gasteiger partial charge is 0.0147 e. The highest BCUT2D eigenvalue weighted by molar-refractivity contribution is 6.16. The van der Waals surface area contributed by atoms with E-state index in [4.69, 9.17) is 0 Å². The zero-order valence-corrected chi connectivity index (χ0v) is 11.0. The first kappa shape index (κ1) is 10.3. The monoisotopic (exact) mass is 190 g/mol. The van der Waals surface area contributed by atoms with Crippen LogP contribution in [0.3, 0.4) is 0 Å². The molecule has 0 heterocycles. The van der Waals surface area contributed by atoms with Crippen molar-refractivity contribution in [2.45, 2.75) is 25.8 Å². The highest BCUT2D eigenvalue weighted by atomic mass is 28.1. The van der Waals surface area contributed by atoms with Crippen LogP contribution in [-0.4, -0.2) is 10.2 Å². The normalized spacial score (nSPS) is 12.5. The molecule has 0 spiro atoms. The lowest BCUT2D eigenvalue weighted by Crippen LogP contribution is -1.95. The fraction of sp³-hybridized carbons (Fsp3) is 0.333. The number of hydrogen-bond donors (Lipinski definition) is 0. The van der Waals surface area contributed by atoms with Crippen LogP contribution in [0.4, 0.5) is 0 Å². The average Bonchev–Trinajstić information content (AvgIpc) is 2.01. The Morgan fingerprint density at radius 2 is 1.85 bits per heavy atom. The first-order chi connectivity index (χ1) is 5.99. The van der Waals surface area contributed by atoms with E-state index in [1.807, 2.05) is 0 Å².